The molecule has 5 rings (SSSR count). The quantitative estimate of drug-likeness (QED) is 0.646. The Bertz CT molecular complexity index is 1020. The Balaban J connectivity index is 1.22. The molecule has 4 atom stereocenters. The molecule has 2 heterocycles. The van der Waals surface area contributed by atoms with Crippen LogP contribution in [0.25, 0.3) is 0 Å². The number of H-pyrrole nitrogens is 1. The van der Waals surface area contributed by atoms with Crippen molar-refractivity contribution in [3.8, 4) is 0 Å². The predicted octanol–water partition coefficient (Wildman–Crippen LogP) is 3.98. The highest BCUT2D eigenvalue weighted by Crippen LogP contribution is 2.70. The molecule has 2 aromatic rings. The summed E-state index contributed by atoms with van der Waals surface area (Å²) in [5.74, 6) is -3.00. The van der Waals surface area contributed by atoms with E-state index in [-0.39, 0.29) is 36.6 Å². The van der Waals surface area contributed by atoms with Crippen LogP contribution in [0.5, 0.6) is 0 Å². The molecule has 9 heteroatoms. The third-order valence-electron chi connectivity index (χ3n) is 8.48. The zero-order valence-electron chi connectivity index (χ0n) is 18.7. The van der Waals surface area contributed by atoms with E-state index in [1.165, 1.54) is 0 Å². The molecule has 2 fully saturated rings. The molecule has 3 aliphatic rings. The number of anilines is 1. The number of aliphatic hydroxyl groups excluding tert-OH is 1. The molecule has 3 N–H and O–H groups in total. The number of aromatic amines is 1. The van der Waals surface area contributed by atoms with Gasteiger partial charge in [0.05, 0.1) is 24.0 Å². The largest absolute Gasteiger partial charge is 0.393 e. The normalized spacial score (nSPS) is 32.5. The molecule has 174 valence electrons. The van der Waals surface area contributed by atoms with Gasteiger partial charge in [-0.1, -0.05) is 13.8 Å². The van der Waals surface area contributed by atoms with E-state index in [2.05, 4.69) is 27.5 Å². The Morgan fingerprint density at radius 3 is 2.72 bits per heavy atom. The Morgan fingerprint density at radius 1 is 1.31 bits per heavy atom. The second-order valence-corrected chi connectivity index (χ2v) is 10.3. The van der Waals surface area contributed by atoms with Crippen molar-refractivity contribution >= 4 is 11.6 Å². The Kier molecular flexibility index (Phi) is 4.96. The summed E-state index contributed by atoms with van der Waals surface area (Å²) in [7, 11) is 0. The van der Waals surface area contributed by atoms with E-state index >= 15 is 0 Å². The van der Waals surface area contributed by atoms with Crippen molar-refractivity contribution in [2.75, 3.05) is 5.32 Å². The average Bonchev–Trinajstić information content (AvgIpc) is 3.19. The molecular weight excluding hydrogens is 416 g/mol. The standard InChI is InChI=1S/C23H31F2N5O2/c1-12(13(2)31)14-4-6-16(7-5-14)30-11-15(10-26-30)27-21(32)20-17-8-19-22(3,23(19,24)25)9-18(17)28-29-20/h10-14,16,19,31H,4-9H2,1-3H3,(H,27,32)(H,28,29)/t12?,13?,14?,16?,19-,22+/m0/s1. The van der Waals surface area contributed by atoms with Crippen molar-refractivity contribution in [1.29, 1.82) is 0 Å². The molecule has 0 radical (unpaired) electrons. The van der Waals surface area contributed by atoms with E-state index in [0.717, 1.165) is 25.7 Å². The number of aromatic nitrogens is 4. The van der Waals surface area contributed by atoms with E-state index in [9.17, 15) is 18.7 Å². The number of halogens is 2. The number of nitrogens with one attached hydrogen (secondary N) is 2. The zero-order chi connectivity index (χ0) is 22.8. The van der Waals surface area contributed by atoms with E-state index in [0.29, 0.717) is 22.9 Å². The van der Waals surface area contributed by atoms with Gasteiger partial charge in [0.1, 0.15) is 0 Å². The first-order chi connectivity index (χ1) is 15.1. The highest BCUT2D eigenvalue weighted by atomic mass is 19.3. The molecule has 2 aromatic heterocycles. The Hall–Kier alpha value is -2.29. The van der Waals surface area contributed by atoms with Crippen LogP contribution >= 0.6 is 0 Å². The fourth-order valence-corrected chi connectivity index (χ4v) is 5.87. The lowest BCUT2D eigenvalue weighted by Crippen LogP contribution is -2.28. The molecule has 3 aliphatic carbocycles. The molecule has 0 saturated heterocycles. The maximum atomic E-state index is 14.1. The first-order valence-electron chi connectivity index (χ1n) is 11.6. The molecule has 0 aromatic carbocycles. The summed E-state index contributed by atoms with van der Waals surface area (Å²) in [5, 5.41) is 24.1. The van der Waals surface area contributed by atoms with Gasteiger partial charge >= 0.3 is 0 Å². The van der Waals surface area contributed by atoms with Crippen LogP contribution in [0.2, 0.25) is 0 Å². The summed E-state index contributed by atoms with van der Waals surface area (Å²) in [6.07, 6.45) is 7.59. The van der Waals surface area contributed by atoms with Gasteiger partial charge in [-0.3, -0.25) is 14.6 Å². The number of carbonyl (C=O) groups is 1. The number of fused-ring (bicyclic) bond motifs is 2. The summed E-state index contributed by atoms with van der Waals surface area (Å²) >= 11 is 0. The third-order valence-corrected chi connectivity index (χ3v) is 8.48. The van der Waals surface area contributed by atoms with Crippen LogP contribution in [0.1, 0.15) is 74.2 Å². The van der Waals surface area contributed by atoms with Crippen LogP contribution in [-0.4, -0.2) is 43.0 Å². The van der Waals surface area contributed by atoms with Gasteiger partial charge in [0.25, 0.3) is 11.8 Å². The monoisotopic (exact) mass is 447 g/mol. The number of alkyl halides is 2. The van der Waals surface area contributed by atoms with Crippen LogP contribution in [0.3, 0.4) is 0 Å². The van der Waals surface area contributed by atoms with Gasteiger partial charge in [-0.2, -0.15) is 10.2 Å². The minimum atomic E-state index is -2.69. The SMILES string of the molecule is CC(O)C(C)C1CCC(n2cc(NC(=O)c3n[nH]c4c3C[C@@H]3C(F)(F)[C@]3(C)C4)cn2)CC1. The number of amides is 1. The lowest BCUT2D eigenvalue weighted by molar-refractivity contribution is 0.0630. The maximum Gasteiger partial charge on any atom is 0.276 e. The van der Waals surface area contributed by atoms with Crippen LogP contribution in [0.4, 0.5) is 14.5 Å². The molecule has 2 saturated carbocycles. The molecule has 0 aliphatic heterocycles. The van der Waals surface area contributed by atoms with Crippen LogP contribution in [0, 0.1) is 23.2 Å². The van der Waals surface area contributed by atoms with Gasteiger partial charge in [0.15, 0.2) is 5.69 Å². The van der Waals surface area contributed by atoms with Crippen molar-refractivity contribution in [2.45, 2.75) is 77.4 Å². The second kappa shape index (κ2) is 7.37. The minimum absolute atomic E-state index is 0.172. The minimum Gasteiger partial charge on any atom is -0.393 e. The Morgan fingerprint density at radius 2 is 2.03 bits per heavy atom. The summed E-state index contributed by atoms with van der Waals surface area (Å²) in [4.78, 5) is 12.8. The van der Waals surface area contributed by atoms with E-state index < -0.39 is 23.2 Å². The van der Waals surface area contributed by atoms with Crippen molar-refractivity contribution in [3.05, 3.63) is 29.3 Å². The third kappa shape index (κ3) is 3.27. The fourth-order valence-electron chi connectivity index (χ4n) is 5.87. The van der Waals surface area contributed by atoms with Gasteiger partial charge in [0, 0.05) is 35.2 Å². The molecular formula is C23H31F2N5O2. The smallest absolute Gasteiger partial charge is 0.276 e. The predicted molar refractivity (Wildman–Crippen MR) is 115 cm³/mol. The van der Waals surface area contributed by atoms with Crippen molar-refractivity contribution in [2.24, 2.45) is 23.2 Å². The van der Waals surface area contributed by atoms with Crippen LogP contribution in [0.15, 0.2) is 12.4 Å². The molecule has 2 unspecified atom stereocenters. The molecule has 1 amide bonds. The van der Waals surface area contributed by atoms with Gasteiger partial charge in [-0.15, -0.1) is 0 Å². The number of rotatable bonds is 5. The van der Waals surface area contributed by atoms with Gasteiger partial charge in [-0.05, 0) is 50.9 Å². The summed E-state index contributed by atoms with van der Waals surface area (Å²) in [5.41, 5.74) is 1.01. The molecule has 0 bridgehead atoms. The van der Waals surface area contributed by atoms with Crippen molar-refractivity contribution in [1.82, 2.24) is 20.0 Å². The number of nitrogens with zero attached hydrogens (tertiary/aromatic N) is 3. The molecule has 32 heavy (non-hydrogen) atoms. The zero-order valence-corrected chi connectivity index (χ0v) is 18.7. The first kappa shape index (κ1) is 21.6. The van der Waals surface area contributed by atoms with Crippen molar-refractivity contribution in [3.63, 3.8) is 0 Å². The second-order valence-electron chi connectivity index (χ2n) is 10.3. The first-order valence-corrected chi connectivity index (χ1v) is 11.6. The average molecular weight is 448 g/mol. The Labute approximate surface area is 186 Å². The van der Waals surface area contributed by atoms with E-state index in [1.807, 2.05) is 17.8 Å². The van der Waals surface area contributed by atoms with Crippen molar-refractivity contribution < 1.29 is 18.7 Å². The van der Waals surface area contributed by atoms with Gasteiger partial charge in [-0.25, -0.2) is 8.78 Å². The topological polar surface area (TPSA) is 95.8 Å². The number of hydrogen-bond donors (Lipinski definition) is 3. The number of hydrogen-bond acceptors (Lipinski definition) is 4. The lowest BCUT2D eigenvalue weighted by Gasteiger charge is -2.33. The molecule has 7 nitrogen and oxygen atoms in total. The lowest BCUT2D eigenvalue weighted by atomic mass is 9.77. The van der Waals surface area contributed by atoms with Gasteiger partial charge < -0.3 is 10.4 Å². The summed E-state index contributed by atoms with van der Waals surface area (Å²) in [6, 6.07) is 0.269. The van der Waals surface area contributed by atoms with Crippen LogP contribution < -0.4 is 5.32 Å². The fraction of sp³-hybridized carbons (Fsp3) is 0.696. The highest BCUT2D eigenvalue weighted by Gasteiger charge is 2.78. The van der Waals surface area contributed by atoms with Gasteiger partial charge in [0.2, 0.25) is 0 Å². The number of aliphatic hydroxyl groups is 1. The highest BCUT2D eigenvalue weighted by molar-refractivity contribution is 6.04. The summed E-state index contributed by atoms with van der Waals surface area (Å²) < 4.78 is 30.2. The molecule has 0 spiro atoms. The van der Waals surface area contributed by atoms with E-state index in [4.69, 9.17) is 0 Å². The van der Waals surface area contributed by atoms with Crippen LogP contribution in [-0.2, 0) is 12.8 Å². The number of carbonyl (C=O) groups excluding carboxylic acids is 1. The maximum absolute atomic E-state index is 14.1. The van der Waals surface area contributed by atoms with E-state index in [1.54, 1.807) is 13.1 Å². The summed E-state index contributed by atoms with van der Waals surface area (Å²) in [6.45, 7) is 5.56.